The maximum Gasteiger partial charge on any atom is 0.270 e. The molecule has 0 bridgehead atoms. The molecule has 1 aromatic heterocycles. The standard InChI is InChI=1S/C21H18ClFN2O4S/c1-13-10-14(2)25(12-19(26)24-18-9-8-15(22)11-17(18)23)21(27)20(13)30(28,29)16-6-4-3-5-7-16/h3-11H,12H2,1-2H3,(H,24,26). The van der Waals surface area contributed by atoms with Gasteiger partial charge in [-0.25, -0.2) is 12.8 Å². The predicted octanol–water partition coefficient (Wildman–Crippen LogP) is 3.73. The van der Waals surface area contributed by atoms with Crippen LogP contribution in [0.4, 0.5) is 10.1 Å². The molecule has 156 valence electrons. The summed E-state index contributed by atoms with van der Waals surface area (Å²) in [6, 6.07) is 12.9. The Morgan fingerprint density at radius 3 is 2.40 bits per heavy atom. The van der Waals surface area contributed by atoms with E-state index in [0.29, 0.717) is 5.69 Å². The van der Waals surface area contributed by atoms with Gasteiger partial charge in [0.1, 0.15) is 17.3 Å². The van der Waals surface area contributed by atoms with Gasteiger partial charge in [0.15, 0.2) is 0 Å². The summed E-state index contributed by atoms with van der Waals surface area (Å²) in [5, 5.41) is 2.54. The molecule has 0 fully saturated rings. The van der Waals surface area contributed by atoms with Crippen LogP contribution in [0, 0.1) is 19.7 Å². The van der Waals surface area contributed by atoms with Gasteiger partial charge in [-0.05, 0) is 55.8 Å². The number of rotatable bonds is 5. The van der Waals surface area contributed by atoms with Gasteiger partial charge in [-0.3, -0.25) is 9.59 Å². The van der Waals surface area contributed by atoms with Crippen molar-refractivity contribution in [2.75, 3.05) is 5.32 Å². The van der Waals surface area contributed by atoms with E-state index in [0.717, 1.165) is 10.6 Å². The lowest BCUT2D eigenvalue weighted by atomic mass is 10.2. The minimum absolute atomic E-state index is 0.0201. The topological polar surface area (TPSA) is 85.2 Å². The van der Waals surface area contributed by atoms with Crippen molar-refractivity contribution >= 4 is 33.0 Å². The Bertz CT molecular complexity index is 1290. The third-order valence-electron chi connectivity index (χ3n) is 4.48. The van der Waals surface area contributed by atoms with Crippen molar-refractivity contribution in [1.29, 1.82) is 0 Å². The molecule has 6 nitrogen and oxygen atoms in total. The van der Waals surface area contributed by atoms with E-state index in [1.54, 1.807) is 25.1 Å². The zero-order valence-electron chi connectivity index (χ0n) is 16.1. The summed E-state index contributed by atoms with van der Waals surface area (Å²) in [6.45, 7) is 2.63. The Morgan fingerprint density at radius 2 is 1.77 bits per heavy atom. The van der Waals surface area contributed by atoms with Gasteiger partial charge >= 0.3 is 0 Å². The molecule has 0 atom stereocenters. The van der Waals surface area contributed by atoms with Crippen molar-refractivity contribution in [3.63, 3.8) is 0 Å². The van der Waals surface area contributed by atoms with Crippen molar-refractivity contribution in [3.05, 3.63) is 87.0 Å². The molecule has 0 spiro atoms. The maximum absolute atomic E-state index is 13.9. The first-order chi connectivity index (χ1) is 14.1. The fourth-order valence-electron chi connectivity index (χ4n) is 3.07. The summed E-state index contributed by atoms with van der Waals surface area (Å²) >= 11 is 5.70. The van der Waals surface area contributed by atoms with Crippen LogP contribution >= 0.6 is 11.6 Å². The van der Waals surface area contributed by atoms with Gasteiger partial charge in [-0.2, -0.15) is 0 Å². The fourth-order valence-corrected chi connectivity index (χ4v) is 4.81. The number of sulfone groups is 1. The van der Waals surface area contributed by atoms with Crippen LogP contribution < -0.4 is 10.9 Å². The SMILES string of the molecule is Cc1cc(C)n(CC(=O)Nc2ccc(Cl)cc2F)c(=O)c1S(=O)(=O)c1ccccc1. The molecule has 0 saturated carbocycles. The summed E-state index contributed by atoms with van der Waals surface area (Å²) in [5.74, 6) is -1.41. The minimum Gasteiger partial charge on any atom is -0.322 e. The van der Waals surface area contributed by atoms with E-state index in [2.05, 4.69) is 5.32 Å². The zero-order chi connectivity index (χ0) is 22.1. The van der Waals surface area contributed by atoms with E-state index in [1.807, 2.05) is 0 Å². The largest absolute Gasteiger partial charge is 0.322 e. The van der Waals surface area contributed by atoms with E-state index >= 15 is 0 Å². The highest BCUT2D eigenvalue weighted by Gasteiger charge is 2.26. The molecule has 0 radical (unpaired) electrons. The molecule has 9 heteroatoms. The van der Waals surface area contributed by atoms with Crippen molar-refractivity contribution < 1.29 is 17.6 Å². The molecular formula is C21H18ClFN2O4S. The molecule has 1 amide bonds. The fraction of sp³-hybridized carbons (Fsp3) is 0.143. The van der Waals surface area contributed by atoms with Gasteiger partial charge in [0.05, 0.1) is 10.6 Å². The number of carbonyl (C=O) groups excluding carboxylic acids is 1. The number of pyridine rings is 1. The predicted molar refractivity (Wildman–Crippen MR) is 112 cm³/mol. The summed E-state index contributed by atoms with van der Waals surface area (Å²) < 4.78 is 41.0. The first-order valence-electron chi connectivity index (χ1n) is 8.87. The monoisotopic (exact) mass is 448 g/mol. The van der Waals surface area contributed by atoms with E-state index in [9.17, 15) is 22.4 Å². The van der Waals surface area contributed by atoms with Crippen LogP contribution in [0.3, 0.4) is 0 Å². The molecule has 0 saturated heterocycles. The van der Waals surface area contributed by atoms with Crippen LogP contribution in [0.2, 0.25) is 5.02 Å². The van der Waals surface area contributed by atoms with Crippen molar-refractivity contribution in [2.24, 2.45) is 0 Å². The van der Waals surface area contributed by atoms with Gasteiger partial charge in [0, 0.05) is 10.7 Å². The number of halogens is 2. The molecule has 1 heterocycles. The Kier molecular flexibility index (Phi) is 6.09. The average molecular weight is 449 g/mol. The Morgan fingerprint density at radius 1 is 1.10 bits per heavy atom. The number of anilines is 1. The summed E-state index contributed by atoms with van der Waals surface area (Å²) in [5.41, 5.74) is -0.236. The third kappa shape index (κ3) is 4.29. The van der Waals surface area contributed by atoms with Gasteiger partial charge < -0.3 is 9.88 Å². The van der Waals surface area contributed by atoms with Gasteiger partial charge in [-0.15, -0.1) is 0 Å². The van der Waals surface area contributed by atoms with Crippen molar-refractivity contribution in [2.45, 2.75) is 30.2 Å². The lowest BCUT2D eigenvalue weighted by Crippen LogP contribution is -2.33. The normalized spacial score (nSPS) is 11.3. The van der Waals surface area contributed by atoms with Crippen molar-refractivity contribution in [1.82, 2.24) is 4.57 Å². The smallest absolute Gasteiger partial charge is 0.270 e. The lowest BCUT2D eigenvalue weighted by Gasteiger charge is -2.15. The highest BCUT2D eigenvalue weighted by Crippen LogP contribution is 2.22. The molecule has 0 aliphatic heterocycles. The molecule has 0 aliphatic carbocycles. The number of aromatic nitrogens is 1. The number of aryl methyl sites for hydroxylation is 2. The van der Waals surface area contributed by atoms with Crippen LogP contribution in [0.1, 0.15) is 11.3 Å². The first-order valence-corrected chi connectivity index (χ1v) is 10.7. The molecule has 3 aromatic rings. The molecule has 30 heavy (non-hydrogen) atoms. The first kappa shape index (κ1) is 21.7. The maximum atomic E-state index is 13.9. The number of nitrogens with one attached hydrogen (secondary N) is 1. The van der Waals surface area contributed by atoms with Crippen LogP contribution in [0.5, 0.6) is 0 Å². The third-order valence-corrected chi connectivity index (χ3v) is 6.64. The zero-order valence-corrected chi connectivity index (χ0v) is 17.7. The molecule has 0 aliphatic rings. The van der Waals surface area contributed by atoms with Crippen LogP contribution in [0.25, 0.3) is 0 Å². The van der Waals surface area contributed by atoms with Crippen LogP contribution in [0.15, 0.2) is 69.2 Å². The van der Waals surface area contributed by atoms with E-state index in [4.69, 9.17) is 11.6 Å². The van der Waals surface area contributed by atoms with Gasteiger partial charge in [0.2, 0.25) is 15.7 Å². The van der Waals surface area contributed by atoms with E-state index in [1.165, 1.54) is 37.3 Å². The lowest BCUT2D eigenvalue weighted by molar-refractivity contribution is -0.116. The number of hydrogen-bond donors (Lipinski definition) is 1. The molecule has 0 unspecified atom stereocenters. The van der Waals surface area contributed by atoms with Crippen molar-refractivity contribution in [3.8, 4) is 0 Å². The number of benzene rings is 2. The number of nitrogens with zero attached hydrogens (tertiary/aromatic N) is 1. The second-order valence-electron chi connectivity index (χ2n) is 6.68. The van der Waals surface area contributed by atoms with Gasteiger partial charge in [-0.1, -0.05) is 29.8 Å². The average Bonchev–Trinajstić information content (AvgIpc) is 2.67. The molecule has 3 rings (SSSR count). The van der Waals surface area contributed by atoms with Crippen LogP contribution in [-0.2, 0) is 21.2 Å². The quantitative estimate of drug-likeness (QED) is 0.644. The Balaban J connectivity index is 1.99. The Hall–Kier alpha value is -2.97. The number of carbonyl (C=O) groups is 1. The summed E-state index contributed by atoms with van der Waals surface area (Å²) in [4.78, 5) is 25.0. The molecular weight excluding hydrogens is 431 g/mol. The van der Waals surface area contributed by atoms with Crippen LogP contribution in [-0.4, -0.2) is 18.9 Å². The molecule has 1 N–H and O–H groups in total. The summed E-state index contributed by atoms with van der Waals surface area (Å²) in [7, 11) is -4.09. The van der Waals surface area contributed by atoms with Gasteiger partial charge in [0.25, 0.3) is 5.56 Å². The second kappa shape index (κ2) is 8.41. The number of hydrogen-bond acceptors (Lipinski definition) is 4. The highest BCUT2D eigenvalue weighted by atomic mass is 35.5. The second-order valence-corrected chi connectivity index (χ2v) is 9.00. The highest BCUT2D eigenvalue weighted by molar-refractivity contribution is 7.91. The van der Waals surface area contributed by atoms with E-state index < -0.39 is 38.6 Å². The number of amides is 1. The molecule has 2 aromatic carbocycles. The minimum atomic E-state index is -4.09. The van der Waals surface area contributed by atoms with E-state index in [-0.39, 0.29) is 21.2 Å². The summed E-state index contributed by atoms with van der Waals surface area (Å²) in [6.07, 6.45) is 0. The Labute approximate surface area is 177 Å².